The van der Waals surface area contributed by atoms with Crippen molar-refractivity contribution in [1.29, 1.82) is 0 Å². The van der Waals surface area contributed by atoms with E-state index in [0.29, 0.717) is 11.5 Å². The van der Waals surface area contributed by atoms with Crippen LogP contribution in [0.15, 0.2) is 18.2 Å². The summed E-state index contributed by atoms with van der Waals surface area (Å²) in [4.78, 5) is 0. The van der Waals surface area contributed by atoms with E-state index in [1.807, 2.05) is 0 Å². The quantitative estimate of drug-likeness (QED) is 0.712. The summed E-state index contributed by atoms with van der Waals surface area (Å²) in [6, 6.07) is 3.95. The third-order valence-corrected chi connectivity index (χ3v) is 4.36. The third-order valence-electron chi connectivity index (χ3n) is 4.36. The highest BCUT2D eigenvalue weighted by molar-refractivity contribution is 5.19. The van der Waals surface area contributed by atoms with E-state index in [1.165, 1.54) is 31.7 Å². The van der Waals surface area contributed by atoms with Crippen molar-refractivity contribution in [2.24, 2.45) is 17.8 Å². The van der Waals surface area contributed by atoms with Crippen LogP contribution in [0.5, 0.6) is 0 Å². The molecule has 0 unspecified atom stereocenters. The van der Waals surface area contributed by atoms with E-state index in [1.54, 1.807) is 6.07 Å². The number of benzene rings is 1. The Hall–Kier alpha value is -0.920. The van der Waals surface area contributed by atoms with Gasteiger partial charge in [-0.15, -0.1) is 0 Å². The molecule has 1 saturated carbocycles. The SMILES string of the molecule is CC(C)C1CCC(Cc2ccc(F)cc2F)CC1. The molecule has 0 spiro atoms. The predicted octanol–water partition coefficient (Wildman–Crippen LogP) is 4.97. The van der Waals surface area contributed by atoms with Crippen LogP contribution < -0.4 is 0 Å². The highest BCUT2D eigenvalue weighted by Gasteiger charge is 2.23. The fourth-order valence-corrected chi connectivity index (χ4v) is 3.06. The Bertz CT molecular complexity index is 390. The highest BCUT2D eigenvalue weighted by Crippen LogP contribution is 2.35. The normalized spacial score (nSPS) is 24.5. The Morgan fingerprint density at radius 1 is 1.11 bits per heavy atom. The van der Waals surface area contributed by atoms with Gasteiger partial charge in [0.25, 0.3) is 0 Å². The zero-order chi connectivity index (χ0) is 13.1. The fraction of sp³-hybridized carbons (Fsp3) is 0.625. The first kappa shape index (κ1) is 13.5. The Balaban J connectivity index is 1.91. The summed E-state index contributed by atoms with van der Waals surface area (Å²) in [6.45, 7) is 4.56. The van der Waals surface area contributed by atoms with Crippen LogP contribution in [0.1, 0.15) is 45.1 Å². The van der Waals surface area contributed by atoms with Crippen molar-refractivity contribution in [3.05, 3.63) is 35.4 Å². The van der Waals surface area contributed by atoms with Gasteiger partial charge in [-0.3, -0.25) is 0 Å². The van der Waals surface area contributed by atoms with Crippen molar-refractivity contribution in [3.63, 3.8) is 0 Å². The number of hydrogen-bond donors (Lipinski definition) is 0. The molecule has 1 aliphatic rings. The minimum Gasteiger partial charge on any atom is -0.207 e. The molecule has 0 saturated heterocycles. The molecule has 2 rings (SSSR count). The molecule has 0 bridgehead atoms. The molecule has 0 aliphatic heterocycles. The molecule has 1 aromatic carbocycles. The van der Waals surface area contributed by atoms with E-state index in [0.717, 1.165) is 24.3 Å². The maximum atomic E-state index is 13.6. The molecule has 1 aliphatic carbocycles. The van der Waals surface area contributed by atoms with E-state index in [-0.39, 0.29) is 5.82 Å². The lowest BCUT2D eigenvalue weighted by Crippen LogP contribution is -2.20. The second-order valence-electron chi connectivity index (χ2n) is 5.96. The number of halogens is 2. The molecule has 1 aromatic rings. The van der Waals surface area contributed by atoms with Crippen LogP contribution in [-0.2, 0) is 6.42 Å². The van der Waals surface area contributed by atoms with Crippen molar-refractivity contribution in [2.75, 3.05) is 0 Å². The lowest BCUT2D eigenvalue weighted by atomic mass is 9.75. The van der Waals surface area contributed by atoms with Crippen LogP contribution in [0.2, 0.25) is 0 Å². The lowest BCUT2D eigenvalue weighted by Gasteiger charge is -2.31. The van der Waals surface area contributed by atoms with Crippen molar-refractivity contribution >= 4 is 0 Å². The van der Waals surface area contributed by atoms with E-state index >= 15 is 0 Å². The van der Waals surface area contributed by atoms with Gasteiger partial charge in [0.05, 0.1) is 0 Å². The maximum absolute atomic E-state index is 13.6. The van der Waals surface area contributed by atoms with Gasteiger partial charge in [0.1, 0.15) is 11.6 Å². The Labute approximate surface area is 108 Å². The predicted molar refractivity (Wildman–Crippen MR) is 70.3 cm³/mol. The van der Waals surface area contributed by atoms with E-state index in [9.17, 15) is 8.78 Å². The molecule has 0 heterocycles. The van der Waals surface area contributed by atoms with Crippen LogP contribution in [0.3, 0.4) is 0 Å². The Kier molecular flexibility index (Phi) is 4.36. The number of hydrogen-bond acceptors (Lipinski definition) is 0. The molecule has 0 amide bonds. The maximum Gasteiger partial charge on any atom is 0.129 e. The average Bonchev–Trinajstić information content (AvgIpc) is 2.33. The summed E-state index contributed by atoms with van der Waals surface area (Å²) < 4.78 is 26.4. The summed E-state index contributed by atoms with van der Waals surface area (Å²) in [5.74, 6) is 1.29. The van der Waals surface area contributed by atoms with Gasteiger partial charge in [-0.05, 0) is 61.5 Å². The summed E-state index contributed by atoms with van der Waals surface area (Å²) in [7, 11) is 0. The van der Waals surface area contributed by atoms with Crippen molar-refractivity contribution in [2.45, 2.75) is 46.0 Å². The molecule has 0 nitrogen and oxygen atoms in total. The first-order chi connectivity index (χ1) is 8.56. The van der Waals surface area contributed by atoms with Gasteiger partial charge in [-0.25, -0.2) is 8.78 Å². The highest BCUT2D eigenvalue weighted by atomic mass is 19.1. The summed E-state index contributed by atoms with van der Waals surface area (Å²) >= 11 is 0. The van der Waals surface area contributed by atoms with Crippen molar-refractivity contribution in [3.8, 4) is 0 Å². The van der Waals surface area contributed by atoms with Gasteiger partial charge in [-0.1, -0.05) is 19.9 Å². The average molecular weight is 252 g/mol. The zero-order valence-corrected chi connectivity index (χ0v) is 11.3. The summed E-state index contributed by atoms with van der Waals surface area (Å²) in [5.41, 5.74) is 0.671. The minimum atomic E-state index is -0.486. The standard InChI is InChI=1S/C16H22F2/c1-11(2)13-5-3-12(4-6-13)9-14-7-8-15(17)10-16(14)18/h7-8,10-13H,3-6,9H2,1-2H3. The molecule has 2 heteroatoms. The monoisotopic (exact) mass is 252 g/mol. The molecule has 1 fully saturated rings. The second kappa shape index (κ2) is 5.81. The van der Waals surface area contributed by atoms with Gasteiger partial charge >= 0.3 is 0 Å². The molecule has 0 atom stereocenters. The molecule has 0 radical (unpaired) electrons. The number of rotatable bonds is 3. The fourth-order valence-electron chi connectivity index (χ4n) is 3.06. The van der Waals surface area contributed by atoms with Gasteiger partial charge in [0.2, 0.25) is 0 Å². The smallest absolute Gasteiger partial charge is 0.129 e. The zero-order valence-electron chi connectivity index (χ0n) is 11.3. The molecular weight excluding hydrogens is 230 g/mol. The van der Waals surface area contributed by atoms with Crippen LogP contribution in [0.25, 0.3) is 0 Å². The van der Waals surface area contributed by atoms with Crippen LogP contribution in [0.4, 0.5) is 8.78 Å². The van der Waals surface area contributed by atoms with Crippen LogP contribution in [-0.4, -0.2) is 0 Å². The van der Waals surface area contributed by atoms with E-state index < -0.39 is 5.82 Å². The minimum absolute atomic E-state index is 0.388. The Morgan fingerprint density at radius 3 is 2.33 bits per heavy atom. The van der Waals surface area contributed by atoms with Gasteiger partial charge in [0, 0.05) is 6.07 Å². The van der Waals surface area contributed by atoms with Crippen LogP contribution in [0, 0.1) is 29.4 Å². The first-order valence-corrected chi connectivity index (χ1v) is 7.00. The Morgan fingerprint density at radius 2 is 1.78 bits per heavy atom. The molecular formula is C16H22F2. The molecule has 0 N–H and O–H groups in total. The van der Waals surface area contributed by atoms with Crippen molar-refractivity contribution < 1.29 is 8.78 Å². The van der Waals surface area contributed by atoms with Crippen LogP contribution >= 0.6 is 0 Å². The molecule has 18 heavy (non-hydrogen) atoms. The summed E-state index contributed by atoms with van der Waals surface area (Å²) in [5, 5.41) is 0. The van der Waals surface area contributed by atoms with E-state index in [4.69, 9.17) is 0 Å². The topological polar surface area (TPSA) is 0 Å². The van der Waals surface area contributed by atoms with Gasteiger partial charge in [0.15, 0.2) is 0 Å². The van der Waals surface area contributed by atoms with Gasteiger partial charge < -0.3 is 0 Å². The first-order valence-electron chi connectivity index (χ1n) is 7.00. The molecule has 0 aromatic heterocycles. The largest absolute Gasteiger partial charge is 0.207 e. The lowest BCUT2D eigenvalue weighted by molar-refractivity contribution is 0.222. The molecule has 100 valence electrons. The van der Waals surface area contributed by atoms with Gasteiger partial charge in [-0.2, -0.15) is 0 Å². The second-order valence-corrected chi connectivity index (χ2v) is 5.96. The van der Waals surface area contributed by atoms with Crippen molar-refractivity contribution in [1.82, 2.24) is 0 Å². The third kappa shape index (κ3) is 3.30. The summed E-state index contributed by atoms with van der Waals surface area (Å²) in [6.07, 6.45) is 5.63. The van der Waals surface area contributed by atoms with E-state index in [2.05, 4.69) is 13.8 Å².